The molecule has 4 aliphatic carbocycles. The Labute approximate surface area is 175 Å². The van der Waals surface area contributed by atoms with Crippen molar-refractivity contribution in [1.29, 1.82) is 0 Å². The summed E-state index contributed by atoms with van der Waals surface area (Å²) < 4.78 is 26.7. The van der Waals surface area contributed by atoms with E-state index in [1.165, 1.54) is 36.9 Å². The smallest absolute Gasteiger partial charge is 0.254 e. The van der Waals surface area contributed by atoms with E-state index in [0.717, 1.165) is 29.5 Å². The minimum atomic E-state index is -3.28. The maximum Gasteiger partial charge on any atom is 0.254 e. The summed E-state index contributed by atoms with van der Waals surface area (Å²) in [7, 11) is -3.28. The topological polar surface area (TPSA) is 68.5 Å². The molecule has 0 spiro atoms. The molecule has 1 aromatic carbocycles. The minimum Gasteiger partial charge on any atom is -0.313 e. The number of hydrogen-bond donors (Lipinski definition) is 0. The van der Waals surface area contributed by atoms with E-state index in [0.29, 0.717) is 29.1 Å². The predicted molar refractivity (Wildman–Crippen MR) is 114 cm³/mol. The molecule has 0 unspecified atom stereocenters. The Morgan fingerprint density at radius 2 is 1.86 bits per heavy atom. The third kappa shape index (κ3) is 3.22. The Hall–Kier alpha value is -1.73. The number of benzene rings is 1. The highest BCUT2D eigenvalue weighted by Gasteiger charge is 2.54. The lowest BCUT2D eigenvalue weighted by Gasteiger charge is -2.55. The first kappa shape index (κ1) is 19.2. The summed E-state index contributed by atoms with van der Waals surface area (Å²) in [6, 6.07) is 5.11. The van der Waals surface area contributed by atoms with Crippen LogP contribution in [0.25, 0.3) is 10.2 Å². The number of thiazole rings is 1. The van der Waals surface area contributed by atoms with Gasteiger partial charge in [-0.1, -0.05) is 17.4 Å². The number of nitrogens with zero attached hydrogens (tertiary/aromatic N) is 2. The van der Waals surface area contributed by atoms with Gasteiger partial charge in [0.2, 0.25) is 0 Å². The van der Waals surface area contributed by atoms with Crippen LogP contribution in [0.15, 0.2) is 40.7 Å². The number of amides is 1. The van der Waals surface area contributed by atoms with Crippen molar-refractivity contribution >= 4 is 37.3 Å². The average Bonchev–Trinajstić information content (AvgIpc) is 2.97. The lowest BCUT2D eigenvalue weighted by Crippen LogP contribution is -2.49. The van der Waals surface area contributed by atoms with Crippen LogP contribution in [0.5, 0.6) is 0 Å². The second kappa shape index (κ2) is 6.64. The molecule has 29 heavy (non-hydrogen) atoms. The molecular weight excluding hydrogens is 404 g/mol. The molecule has 154 valence electrons. The van der Waals surface area contributed by atoms with E-state index in [9.17, 15) is 13.2 Å². The zero-order chi connectivity index (χ0) is 20.4. The largest absolute Gasteiger partial charge is 0.313 e. The van der Waals surface area contributed by atoms with Crippen molar-refractivity contribution in [3.8, 4) is 0 Å². The molecule has 0 N–H and O–H groups in total. The molecule has 1 aromatic heterocycles. The fourth-order valence-corrected chi connectivity index (χ4v) is 8.05. The number of hydrogen-bond acceptors (Lipinski definition) is 4. The maximum absolute atomic E-state index is 13.4. The van der Waals surface area contributed by atoms with Crippen LogP contribution in [0, 0.1) is 23.2 Å². The summed E-state index contributed by atoms with van der Waals surface area (Å²) in [5, 5.41) is 0. The van der Waals surface area contributed by atoms with E-state index in [1.54, 1.807) is 24.3 Å². The van der Waals surface area contributed by atoms with E-state index < -0.39 is 9.84 Å². The van der Waals surface area contributed by atoms with E-state index in [1.807, 2.05) is 4.57 Å². The number of sulfone groups is 1. The second-order valence-corrected chi connectivity index (χ2v) is 12.3. The molecular formula is C22H26N2O3S2. The molecule has 0 radical (unpaired) electrons. The fraction of sp³-hybridized carbons (Fsp3) is 0.545. The first-order valence-electron chi connectivity index (χ1n) is 10.3. The van der Waals surface area contributed by atoms with Crippen molar-refractivity contribution in [3.63, 3.8) is 0 Å². The molecule has 0 aliphatic heterocycles. The number of rotatable bonds is 4. The number of aromatic nitrogens is 1. The van der Waals surface area contributed by atoms with Crippen LogP contribution in [0.4, 0.5) is 0 Å². The summed E-state index contributed by atoms with van der Waals surface area (Å²) in [5.74, 6) is 2.12. The quantitative estimate of drug-likeness (QED) is 0.690. The van der Waals surface area contributed by atoms with Gasteiger partial charge in [0.1, 0.15) is 0 Å². The Morgan fingerprint density at radius 3 is 2.41 bits per heavy atom. The Balaban J connectivity index is 1.60. The molecule has 2 aromatic rings. The van der Waals surface area contributed by atoms with Gasteiger partial charge in [0.25, 0.3) is 5.91 Å². The van der Waals surface area contributed by atoms with Crippen LogP contribution >= 0.6 is 11.3 Å². The van der Waals surface area contributed by atoms with Crippen LogP contribution in [-0.2, 0) is 21.2 Å². The predicted octanol–water partition coefficient (Wildman–Crippen LogP) is 3.94. The highest BCUT2D eigenvalue weighted by molar-refractivity contribution is 7.90. The molecule has 4 saturated carbocycles. The van der Waals surface area contributed by atoms with Gasteiger partial charge in [0.05, 0.1) is 20.5 Å². The van der Waals surface area contributed by atoms with E-state index >= 15 is 0 Å². The molecule has 1 heterocycles. The van der Waals surface area contributed by atoms with Crippen LogP contribution in [0.2, 0.25) is 0 Å². The monoisotopic (exact) mass is 430 g/mol. The van der Waals surface area contributed by atoms with E-state index in [-0.39, 0.29) is 16.2 Å². The second-order valence-electron chi connectivity index (χ2n) is 9.30. The lowest BCUT2D eigenvalue weighted by atomic mass is 9.49. The summed E-state index contributed by atoms with van der Waals surface area (Å²) in [4.78, 5) is 19.0. The first-order chi connectivity index (χ1) is 13.8. The normalized spacial score (nSPS) is 31.5. The van der Waals surface area contributed by atoms with Gasteiger partial charge in [-0.25, -0.2) is 8.42 Å². The van der Waals surface area contributed by atoms with Crippen molar-refractivity contribution in [3.05, 3.63) is 35.7 Å². The molecule has 7 heteroatoms. The van der Waals surface area contributed by atoms with Gasteiger partial charge in [0.15, 0.2) is 14.6 Å². The lowest BCUT2D eigenvalue weighted by molar-refractivity contribution is -0.142. The van der Waals surface area contributed by atoms with Gasteiger partial charge in [-0.15, -0.1) is 6.58 Å². The number of carbonyl (C=O) groups is 1. The fourth-order valence-electron chi connectivity index (χ4n) is 6.25. The molecule has 0 atom stereocenters. The molecule has 4 aliphatic rings. The van der Waals surface area contributed by atoms with Crippen LogP contribution < -0.4 is 4.80 Å². The highest BCUT2D eigenvalue weighted by Crippen LogP contribution is 2.60. The third-order valence-electron chi connectivity index (χ3n) is 7.08. The highest BCUT2D eigenvalue weighted by atomic mass is 32.2. The number of carbonyl (C=O) groups excluding carboxylic acids is 1. The van der Waals surface area contributed by atoms with Gasteiger partial charge in [0, 0.05) is 12.8 Å². The summed E-state index contributed by atoms with van der Waals surface area (Å²) in [5.41, 5.74) is 0.619. The van der Waals surface area contributed by atoms with Crippen LogP contribution in [-0.4, -0.2) is 25.1 Å². The van der Waals surface area contributed by atoms with Crippen molar-refractivity contribution in [2.75, 3.05) is 6.26 Å². The Morgan fingerprint density at radius 1 is 1.24 bits per heavy atom. The van der Waals surface area contributed by atoms with Gasteiger partial charge in [-0.2, -0.15) is 4.99 Å². The average molecular weight is 431 g/mol. The summed E-state index contributed by atoms with van der Waals surface area (Å²) in [6.45, 7) is 4.37. The van der Waals surface area contributed by atoms with Crippen molar-refractivity contribution in [2.24, 2.45) is 28.2 Å². The summed E-state index contributed by atoms with van der Waals surface area (Å²) in [6.07, 6.45) is 9.84. The van der Waals surface area contributed by atoms with Crippen molar-refractivity contribution in [2.45, 2.75) is 50.0 Å². The molecule has 5 nitrogen and oxygen atoms in total. The van der Waals surface area contributed by atoms with Gasteiger partial charge in [-0.3, -0.25) is 4.79 Å². The number of fused-ring (bicyclic) bond motifs is 1. The van der Waals surface area contributed by atoms with Gasteiger partial charge < -0.3 is 4.57 Å². The van der Waals surface area contributed by atoms with Crippen molar-refractivity contribution < 1.29 is 13.2 Å². The zero-order valence-corrected chi connectivity index (χ0v) is 18.3. The molecule has 4 bridgehead atoms. The maximum atomic E-state index is 13.4. The zero-order valence-electron chi connectivity index (χ0n) is 16.6. The van der Waals surface area contributed by atoms with E-state index in [4.69, 9.17) is 0 Å². The van der Waals surface area contributed by atoms with E-state index in [2.05, 4.69) is 11.6 Å². The molecule has 1 amide bonds. The van der Waals surface area contributed by atoms with Crippen molar-refractivity contribution in [1.82, 2.24) is 4.57 Å². The SMILES string of the molecule is C=CCn1c(=NC(=O)C23CC4CC(CC(C4)C2)C3)sc2cc(S(C)(=O)=O)ccc21. The van der Waals surface area contributed by atoms with Gasteiger partial charge >= 0.3 is 0 Å². The van der Waals surface area contributed by atoms with Crippen LogP contribution in [0.1, 0.15) is 38.5 Å². The standard InChI is InChI=1S/C22H26N2O3S2/c1-3-6-24-18-5-4-17(29(2,26)27)10-19(18)28-21(24)23-20(25)22-11-14-7-15(12-22)9-16(8-14)13-22/h3-5,10,14-16H,1,6-9,11-13H2,2H3. The first-order valence-corrected chi connectivity index (χ1v) is 13.0. The van der Waals surface area contributed by atoms with Gasteiger partial charge in [-0.05, 0) is 74.5 Å². The summed E-state index contributed by atoms with van der Waals surface area (Å²) >= 11 is 1.39. The molecule has 0 saturated heterocycles. The number of allylic oxidation sites excluding steroid dienone is 1. The minimum absolute atomic E-state index is 0.0318. The molecule has 4 fully saturated rings. The van der Waals surface area contributed by atoms with Crippen LogP contribution in [0.3, 0.4) is 0 Å². The Bertz CT molecular complexity index is 1150. The Kier molecular flexibility index (Phi) is 4.41. The molecule has 6 rings (SSSR count). The third-order valence-corrected chi connectivity index (χ3v) is 9.23.